The lowest BCUT2D eigenvalue weighted by Crippen LogP contribution is -2.30. The van der Waals surface area contributed by atoms with Crippen LogP contribution in [0, 0.1) is 0 Å². The second-order valence-electron chi connectivity index (χ2n) is 4.93. The summed E-state index contributed by atoms with van der Waals surface area (Å²) >= 11 is 0. The SMILES string of the molecule is CC(C)OCCN(C)S(=O)(=O)c1ccc(CCN)cc1. The summed E-state index contributed by atoms with van der Waals surface area (Å²) < 4.78 is 31.3. The average molecular weight is 300 g/mol. The van der Waals surface area contributed by atoms with Crippen LogP contribution in [0.5, 0.6) is 0 Å². The molecule has 1 aromatic carbocycles. The monoisotopic (exact) mass is 300 g/mol. The summed E-state index contributed by atoms with van der Waals surface area (Å²) in [4.78, 5) is 0.297. The molecule has 114 valence electrons. The van der Waals surface area contributed by atoms with Gasteiger partial charge in [0.25, 0.3) is 0 Å². The zero-order chi connectivity index (χ0) is 15.2. The fourth-order valence-electron chi connectivity index (χ4n) is 1.71. The number of sulfonamides is 1. The van der Waals surface area contributed by atoms with E-state index in [1.807, 2.05) is 13.8 Å². The van der Waals surface area contributed by atoms with Crippen molar-refractivity contribution in [1.29, 1.82) is 0 Å². The first-order valence-corrected chi connectivity index (χ1v) is 8.19. The van der Waals surface area contributed by atoms with Gasteiger partial charge in [0.2, 0.25) is 10.0 Å². The highest BCUT2D eigenvalue weighted by Gasteiger charge is 2.20. The maximum Gasteiger partial charge on any atom is 0.242 e. The third-order valence-corrected chi connectivity index (χ3v) is 4.79. The minimum absolute atomic E-state index is 0.0988. The van der Waals surface area contributed by atoms with E-state index in [1.165, 1.54) is 4.31 Å². The van der Waals surface area contributed by atoms with E-state index < -0.39 is 10.0 Å². The molecule has 0 aliphatic heterocycles. The third kappa shape index (κ3) is 4.86. The number of hydrogen-bond acceptors (Lipinski definition) is 4. The molecule has 1 aromatic rings. The number of nitrogens with zero attached hydrogens (tertiary/aromatic N) is 1. The molecule has 20 heavy (non-hydrogen) atoms. The number of ether oxygens (including phenoxy) is 1. The molecule has 6 heteroatoms. The van der Waals surface area contributed by atoms with E-state index >= 15 is 0 Å². The summed E-state index contributed by atoms with van der Waals surface area (Å²) in [7, 11) is -1.88. The highest BCUT2D eigenvalue weighted by atomic mass is 32.2. The minimum atomic E-state index is -3.45. The van der Waals surface area contributed by atoms with Crippen molar-refractivity contribution in [2.24, 2.45) is 5.73 Å². The lowest BCUT2D eigenvalue weighted by Gasteiger charge is -2.18. The molecule has 0 radical (unpaired) electrons. The molecule has 0 heterocycles. The zero-order valence-corrected chi connectivity index (χ0v) is 13.2. The maximum absolute atomic E-state index is 12.3. The van der Waals surface area contributed by atoms with Crippen LogP contribution in [0.1, 0.15) is 19.4 Å². The van der Waals surface area contributed by atoms with Crippen LogP contribution in [-0.4, -0.2) is 45.6 Å². The molecule has 0 aliphatic rings. The molecule has 0 aliphatic carbocycles. The first-order chi connectivity index (χ1) is 9.37. The minimum Gasteiger partial charge on any atom is -0.377 e. The van der Waals surface area contributed by atoms with E-state index in [0.29, 0.717) is 24.6 Å². The molecule has 1 rings (SSSR count). The summed E-state index contributed by atoms with van der Waals surface area (Å²) in [6.45, 7) is 5.12. The Morgan fingerprint density at radius 2 is 1.85 bits per heavy atom. The average Bonchev–Trinajstić information content (AvgIpc) is 2.39. The van der Waals surface area contributed by atoms with Gasteiger partial charge in [-0.1, -0.05) is 12.1 Å². The lowest BCUT2D eigenvalue weighted by atomic mass is 10.2. The molecule has 0 saturated heterocycles. The van der Waals surface area contributed by atoms with E-state index in [2.05, 4.69) is 0 Å². The predicted octanol–water partition coefficient (Wildman–Crippen LogP) is 1.23. The highest BCUT2D eigenvalue weighted by Crippen LogP contribution is 2.15. The van der Waals surface area contributed by atoms with Crippen LogP contribution in [0.15, 0.2) is 29.2 Å². The molecule has 5 nitrogen and oxygen atoms in total. The molecule has 0 saturated carbocycles. The van der Waals surface area contributed by atoms with Gasteiger partial charge in [-0.3, -0.25) is 0 Å². The van der Waals surface area contributed by atoms with Crippen molar-refractivity contribution in [1.82, 2.24) is 4.31 Å². The van der Waals surface area contributed by atoms with Crippen molar-refractivity contribution in [3.8, 4) is 0 Å². The molecular formula is C14H24N2O3S. The van der Waals surface area contributed by atoms with Crippen LogP contribution in [0.25, 0.3) is 0 Å². The Bertz CT molecular complexity index is 498. The van der Waals surface area contributed by atoms with Crippen LogP contribution in [0.2, 0.25) is 0 Å². The summed E-state index contributed by atoms with van der Waals surface area (Å²) in [5.74, 6) is 0. The summed E-state index contributed by atoms with van der Waals surface area (Å²) in [6.07, 6.45) is 0.847. The molecule has 0 atom stereocenters. The van der Waals surface area contributed by atoms with Crippen molar-refractivity contribution in [2.75, 3.05) is 26.7 Å². The summed E-state index contributed by atoms with van der Waals surface area (Å²) in [5, 5.41) is 0. The smallest absolute Gasteiger partial charge is 0.242 e. The van der Waals surface area contributed by atoms with E-state index in [-0.39, 0.29) is 6.10 Å². The molecule has 0 amide bonds. The number of nitrogens with two attached hydrogens (primary N) is 1. The van der Waals surface area contributed by atoms with Gasteiger partial charge in [0.1, 0.15) is 0 Å². The van der Waals surface area contributed by atoms with Crippen LogP contribution >= 0.6 is 0 Å². The van der Waals surface area contributed by atoms with Gasteiger partial charge >= 0.3 is 0 Å². The normalized spacial score (nSPS) is 12.3. The van der Waals surface area contributed by atoms with Gasteiger partial charge in [-0.05, 0) is 44.5 Å². The van der Waals surface area contributed by atoms with Gasteiger partial charge in [-0.2, -0.15) is 4.31 Å². The first kappa shape index (κ1) is 17.1. The Kier molecular flexibility index (Phi) is 6.61. The van der Waals surface area contributed by atoms with Gasteiger partial charge < -0.3 is 10.5 Å². The second kappa shape index (κ2) is 7.73. The van der Waals surface area contributed by atoms with Gasteiger partial charge in [0, 0.05) is 13.6 Å². The number of rotatable bonds is 8. The number of hydrogen-bond donors (Lipinski definition) is 1. The van der Waals surface area contributed by atoms with Crippen LogP contribution in [0.3, 0.4) is 0 Å². The molecule has 0 unspecified atom stereocenters. The van der Waals surface area contributed by atoms with Crippen molar-refractivity contribution < 1.29 is 13.2 Å². The van der Waals surface area contributed by atoms with Crippen LogP contribution in [-0.2, 0) is 21.2 Å². The second-order valence-corrected chi connectivity index (χ2v) is 6.97. The van der Waals surface area contributed by atoms with E-state index in [1.54, 1.807) is 31.3 Å². The molecule has 0 aromatic heterocycles. The van der Waals surface area contributed by atoms with Crippen molar-refractivity contribution in [3.05, 3.63) is 29.8 Å². The molecule has 2 N–H and O–H groups in total. The van der Waals surface area contributed by atoms with E-state index in [0.717, 1.165) is 12.0 Å². The Labute approximate surface area is 121 Å². The number of benzene rings is 1. The van der Waals surface area contributed by atoms with Gasteiger partial charge in [-0.25, -0.2) is 8.42 Å². The van der Waals surface area contributed by atoms with Crippen LogP contribution < -0.4 is 5.73 Å². The fourth-order valence-corrected chi connectivity index (χ4v) is 2.87. The Morgan fingerprint density at radius 1 is 1.25 bits per heavy atom. The Balaban J connectivity index is 2.71. The molecule has 0 bridgehead atoms. The fraction of sp³-hybridized carbons (Fsp3) is 0.571. The van der Waals surface area contributed by atoms with Crippen molar-refractivity contribution in [3.63, 3.8) is 0 Å². The topological polar surface area (TPSA) is 72.6 Å². The Hall–Kier alpha value is -0.950. The molecule has 0 spiro atoms. The maximum atomic E-state index is 12.3. The quantitative estimate of drug-likeness (QED) is 0.784. The lowest BCUT2D eigenvalue weighted by molar-refractivity contribution is 0.0737. The summed E-state index contributed by atoms with van der Waals surface area (Å²) in [5.41, 5.74) is 6.51. The summed E-state index contributed by atoms with van der Waals surface area (Å²) in [6, 6.07) is 6.86. The number of likely N-dealkylation sites (N-methyl/N-ethyl adjacent to an activating group) is 1. The first-order valence-electron chi connectivity index (χ1n) is 6.75. The third-order valence-electron chi connectivity index (χ3n) is 2.92. The Morgan fingerprint density at radius 3 is 2.35 bits per heavy atom. The van der Waals surface area contributed by atoms with Crippen LogP contribution in [0.4, 0.5) is 0 Å². The van der Waals surface area contributed by atoms with Crippen molar-refractivity contribution in [2.45, 2.75) is 31.3 Å². The van der Waals surface area contributed by atoms with E-state index in [4.69, 9.17) is 10.5 Å². The highest BCUT2D eigenvalue weighted by molar-refractivity contribution is 7.89. The standard InChI is InChI=1S/C14H24N2O3S/c1-12(2)19-11-10-16(3)20(17,18)14-6-4-13(5-7-14)8-9-15/h4-7,12H,8-11,15H2,1-3H3. The zero-order valence-electron chi connectivity index (χ0n) is 12.4. The van der Waals surface area contributed by atoms with Crippen molar-refractivity contribution >= 4 is 10.0 Å². The van der Waals surface area contributed by atoms with E-state index in [9.17, 15) is 8.42 Å². The van der Waals surface area contributed by atoms with Gasteiger partial charge in [0.15, 0.2) is 0 Å². The van der Waals surface area contributed by atoms with Gasteiger partial charge in [0.05, 0.1) is 17.6 Å². The van der Waals surface area contributed by atoms with Gasteiger partial charge in [-0.15, -0.1) is 0 Å². The predicted molar refractivity (Wildman–Crippen MR) is 80.1 cm³/mol. The molecular weight excluding hydrogens is 276 g/mol. The largest absolute Gasteiger partial charge is 0.377 e. The molecule has 0 fully saturated rings.